The topological polar surface area (TPSA) is 68.1 Å². The molecule has 2 rings (SSSR count). The molecule has 2 heterocycles. The van der Waals surface area contributed by atoms with Crippen LogP contribution in [0, 0.1) is 6.92 Å². The highest BCUT2D eigenvalue weighted by Gasteiger charge is 2.37. The van der Waals surface area contributed by atoms with E-state index in [9.17, 15) is 22.2 Å². The van der Waals surface area contributed by atoms with Crippen LogP contribution in [-0.4, -0.2) is 44.4 Å². The van der Waals surface area contributed by atoms with Gasteiger partial charge in [-0.25, -0.2) is 4.68 Å². The van der Waals surface area contributed by atoms with Crippen molar-refractivity contribution >= 4 is 22.4 Å². The smallest absolute Gasteiger partial charge is 0.309 e. The fraction of sp³-hybridized carbons (Fsp3) is 0.267. The lowest BCUT2D eigenvalue weighted by molar-refractivity contribution is -0.115. The summed E-state index contributed by atoms with van der Waals surface area (Å²) in [6.45, 7) is 1.62. The maximum absolute atomic E-state index is 12.8. The van der Waals surface area contributed by atoms with E-state index in [0.29, 0.717) is 23.1 Å². The number of allylic oxidation sites excluding steroid dienone is 1. The third kappa shape index (κ3) is 4.32. The van der Waals surface area contributed by atoms with Gasteiger partial charge in [-0.15, -0.1) is 0 Å². The summed E-state index contributed by atoms with van der Waals surface area (Å²) in [5.41, 5.74) is 1.41. The number of aromatic nitrogens is 3. The number of carbonyl (C=O) groups is 1. The number of rotatable bonds is 4. The Kier molecular flexibility index (Phi) is 5.41. The molecule has 0 aromatic carbocycles. The highest BCUT2D eigenvalue weighted by molar-refractivity contribution is 7.88. The van der Waals surface area contributed by atoms with Crippen molar-refractivity contribution in [2.24, 2.45) is 0 Å². The number of hydrogen-bond acceptors (Lipinski definition) is 4. The van der Waals surface area contributed by atoms with Crippen LogP contribution in [0.25, 0.3) is 5.69 Å². The van der Waals surface area contributed by atoms with Crippen molar-refractivity contribution < 1.29 is 22.2 Å². The zero-order valence-corrected chi connectivity index (χ0v) is 14.4. The van der Waals surface area contributed by atoms with Gasteiger partial charge in [0.05, 0.1) is 40.3 Å². The minimum Gasteiger partial charge on any atom is -0.309 e. The van der Waals surface area contributed by atoms with E-state index in [2.05, 4.69) is 10.1 Å². The van der Waals surface area contributed by atoms with E-state index < -0.39 is 27.8 Å². The number of anilines is 1. The molecule has 0 spiro atoms. The molecule has 6 nitrogen and oxygen atoms in total. The molecule has 0 saturated heterocycles. The predicted molar refractivity (Wildman–Crippen MR) is 87.7 cm³/mol. The molecule has 0 fully saturated rings. The minimum atomic E-state index is -4.84. The number of likely N-dealkylation sites (N-methyl/N-ethyl adjacent to an activating group) is 1. The van der Waals surface area contributed by atoms with Gasteiger partial charge in [-0.1, -0.05) is 0 Å². The second-order valence-electron chi connectivity index (χ2n) is 5.11. The van der Waals surface area contributed by atoms with E-state index in [1.54, 1.807) is 31.5 Å². The number of pyridine rings is 1. The van der Waals surface area contributed by atoms with Gasteiger partial charge < -0.3 is 4.90 Å². The van der Waals surface area contributed by atoms with Gasteiger partial charge in [0.25, 0.3) is 5.91 Å². The van der Waals surface area contributed by atoms with Crippen LogP contribution in [0.3, 0.4) is 0 Å². The molecule has 0 aliphatic carbocycles. The number of aryl methyl sites for hydroxylation is 1. The molecule has 25 heavy (non-hydrogen) atoms. The van der Waals surface area contributed by atoms with Gasteiger partial charge in [0.1, 0.15) is 4.91 Å². The normalized spacial score (nSPS) is 13.6. The van der Waals surface area contributed by atoms with E-state index in [-0.39, 0.29) is 0 Å². The van der Waals surface area contributed by atoms with Gasteiger partial charge in [-0.2, -0.15) is 18.3 Å². The van der Waals surface area contributed by atoms with E-state index in [4.69, 9.17) is 0 Å². The van der Waals surface area contributed by atoms with Crippen LogP contribution in [0.15, 0.2) is 41.7 Å². The molecule has 0 radical (unpaired) electrons. The van der Waals surface area contributed by atoms with Crippen molar-refractivity contribution in [3.63, 3.8) is 0 Å². The van der Waals surface area contributed by atoms with Crippen LogP contribution in [0.1, 0.15) is 5.69 Å². The summed E-state index contributed by atoms with van der Waals surface area (Å²) in [6.07, 6.45) is 1.03. The first-order chi connectivity index (χ1) is 11.6. The number of alkyl halides is 3. The minimum absolute atomic E-state index is 0.327. The Morgan fingerprint density at radius 2 is 2.08 bits per heavy atom. The number of amides is 1. The maximum Gasteiger partial charge on any atom is 0.424 e. The van der Waals surface area contributed by atoms with E-state index in [0.717, 1.165) is 11.2 Å². The molecule has 1 atom stereocenters. The fourth-order valence-corrected chi connectivity index (χ4v) is 2.65. The largest absolute Gasteiger partial charge is 0.424 e. The monoisotopic (exact) mass is 372 g/mol. The first-order valence-electron chi connectivity index (χ1n) is 6.98. The molecule has 134 valence electrons. The van der Waals surface area contributed by atoms with Crippen LogP contribution in [0.5, 0.6) is 0 Å². The third-order valence-corrected chi connectivity index (χ3v) is 4.29. The molecule has 1 amide bonds. The van der Waals surface area contributed by atoms with Crippen molar-refractivity contribution in [3.8, 4) is 5.69 Å². The lowest BCUT2D eigenvalue weighted by Crippen LogP contribution is -2.27. The molecule has 2 aromatic heterocycles. The van der Waals surface area contributed by atoms with Crippen LogP contribution in [0.4, 0.5) is 18.9 Å². The Morgan fingerprint density at radius 3 is 2.60 bits per heavy atom. The molecule has 10 heteroatoms. The molecule has 1 unspecified atom stereocenters. The molecule has 0 aliphatic heterocycles. The Morgan fingerprint density at radius 1 is 1.40 bits per heavy atom. The Hall–Kier alpha value is -2.49. The van der Waals surface area contributed by atoms with Gasteiger partial charge >= 0.3 is 6.18 Å². The molecule has 2 aromatic rings. The molecule has 0 aliphatic rings. The first-order valence-corrected chi connectivity index (χ1v) is 8.53. The van der Waals surface area contributed by atoms with Gasteiger partial charge in [0.15, 0.2) is 0 Å². The number of nitrogens with zero attached hydrogens (tertiary/aromatic N) is 4. The number of carbonyl (C=O) groups excluding carboxylic acids is 1. The lowest BCUT2D eigenvalue weighted by atomic mass is 10.3. The van der Waals surface area contributed by atoms with Crippen LogP contribution < -0.4 is 4.90 Å². The second kappa shape index (κ2) is 7.18. The number of hydrogen-bond donors (Lipinski definition) is 0. The second-order valence-corrected chi connectivity index (χ2v) is 6.46. The molecular formula is C15H15F3N4O2S. The van der Waals surface area contributed by atoms with Crippen LogP contribution in [0.2, 0.25) is 0 Å². The van der Waals surface area contributed by atoms with E-state index in [1.807, 2.05) is 0 Å². The molecule has 0 N–H and O–H groups in total. The fourth-order valence-electron chi connectivity index (χ4n) is 2.06. The highest BCUT2D eigenvalue weighted by Crippen LogP contribution is 2.28. The summed E-state index contributed by atoms with van der Waals surface area (Å²) in [7, 11) is -1.01. The SMILES string of the molecule is Cc1nn(-c2cccnc2)cc1N(C)C(=O)/C=C(/S(C)=O)C(F)(F)F. The summed E-state index contributed by atoms with van der Waals surface area (Å²) in [6, 6.07) is 3.45. The number of halogens is 3. The van der Waals surface area contributed by atoms with Crippen molar-refractivity contribution in [2.45, 2.75) is 13.1 Å². The zero-order chi connectivity index (χ0) is 18.8. The summed E-state index contributed by atoms with van der Waals surface area (Å²) in [4.78, 5) is 15.8. The van der Waals surface area contributed by atoms with Gasteiger partial charge in [0, 0.05) is 25.6 Å². The third-order valence-electron chi connectivity index (χ3n) is 3.32. The standard InChI is InChI=1S/C15H15F3N4O2S/c1-10-12(9-22(20-10)11-5-4-6-19-8-11)21(2)14(23)7-13(25(3)24)15(16,17)18/h4-9H,1-3H3/b13-7+. The molecule has 0 saturated carbocycles. The van der Waals surface area contributed by atoms with Gasteiger partial charge in [0.2, 0.25) is 0 Å². The van der Waals surface area contributed by atoms with E-state index >= 15 is 0 Å². The van der Waals surface area contributed by atoms with Crippen LogP contribution in [-0.2, 0) is 15.6 Å². The summed E-state index contributed by atoms with van der Waals surface area (Å²) in [5, 5.41) is 4.23. The first kappa shape index (κ1) is 18.8. The van der Waals surface area contributed by atoms with Crippen molar-refractivity contribution in [2.75, 3.05) is 18.2 Å². The summed E-state index contributed by atoms with van der Waals surface area (Å²) in [5.74, 6) is -0.948. The van der Waals surface area contributed by atoms with Crippen molar-refractivity contribution in [3.05, 3.63) is 47.4 Å². The molecular weight excluding hydrogens is 357 g/mol. The molecule has 0 bridgehead atoms. The lowest BCUT2D eigenvalue weighted by Gasteiger charge is -2.15. The summed E-state index contributed by atoms with van der Waals surface area (Å²) >= 11 is 0. The quantitative estimate of drug-likeness (QED) is 0.773. The predicted octanol–water partition coefficient (Wildman–Crippen LogP) is 2.36. The highest BCUT2D eigenvalue weighted by atomic mass is 32.2. The Bertz CT molecular complexity index is 831. The zero-order valence-electron chi connectivity index (χ0n) is 13.6. The van der Waals surface area contributed by atoms with Gasteiger partial charge in [-0.05, 0) is 19.1 Å². The van der Waals surface area contributed by atoms with Crippen molar-refractivity contribution in [1.29, 1.82) is 0 Å². The van der Waals surface area contributed by atoms with Gasteiger partial charge in [-0.3, -0.25) is 14.0 Å². The van der Waals surface area contributed by atoms with Crippen molar-refractivity contribution in [1.82, 2.24) is 14.8 Å². The maximum atomic E-state index is 12.8. The Balaban J connectivity index is 2.35. The van der Waals surface area contributed by atoms with E-state index in [1.165, 1.54) is 17.9 Å². The summed E-state index contributed by atoms with van der Waals surface area (Å²) < 4.78 is 51.3. The van der Waals surface area contributed by atoms with Crippen LogP contribution >= 0.6 is 0 Å². The average Bonchev–Trinajstić information content (AvgIpc) is 2.93. The Labute approximate surface area is 144 Å². The average molecular weight is 372 g/mol.